The Bertz CT molecular complexity index is 2720. The SMILES string of the molecule is COc1cc(/C=C/C(=O)OCC2OC(Oc3cc4c(OC5OC(CO)C(O)C(O)C5O)cc(O)cc4[o+]c3-c3ccc(O)c(O)c3)C(OC3OC(CO)C(O)C(O)C3O)C(O)C2O)ccc1OC1OC(CO)C(O)C(O)C1O. The maximum absolute atomic E-state index is 13.2. The number of rotatable bonds is 17. The zero-order chi connectivity index (χ0) is 56.4. The van der Waals surface area contributed by atoms with Crippen LogP contribution in [-0.2, 0) is 33.2 Å². The molecule has 5 heterocycles. The highest BCUT2D eigenvalue weighted by Crippen LogP contribution is 2.44. The van der Waals surface area contributed by atoms with Gasteiger partial charge in [-0.25, -0.2) is 9.21 Å². The second kappa shape index (κ2) is 24.6. The first-order chi connectivity index (χ1) is 37.2. The number of aliphatic hydroxyl groups is 14. The summed E-state index contributed by atoms with van der Waals surface area (Å²) in [7, 11) is 1.27. The Morgan fingerprint density at radius 1 is 0.538 bits per heavy atom. The van der Waals surface area contributed by atoms with E-state index in [-0.39, 0.29) is 39.5 Å². The van der Waals surface area contributed by atoms with Gasteiger partial charge in [0, 0.05) is 24.3 Å². The maximum atomic E-state index is 13.2. The van der Waals surface area contributed by atoms with Crippen molar-refractivity contribution >= 4 is 23.0 Å². The topological polar surface area (TPSA) is 465 Å². The lowest BCUT2D eigenvalue weighted by Crippen LogP contribution is -2.65. The van der Waals surface area contributed by atoms with Crippen LogP contribution in [0.3, 0.4) is 0 Å². The molecular weight excluding hydrogens is 1050 g/mol. The Kier molecular flexibility index (Phi) is 18.4. The Labute approximate surface area is 439 Å². The molecule has 4 saturated heterocycles. The average Bonchev–Trinajstić information content (AvgIpc) is 3.54. The Morgan fingerprint density at radius 2 is 1.08 bits per heavy atom. The molecule has 29 heteroatoms. The summed E-state index contributed by atoms with van der Waals surface area (Å²) in [5, 5.41) is 178. The number of aliphatic hydroxyl groups excluding tert-OH is 14. The van der Waals surface area contributed by atoms with Gasteiger partial charge in [-0.1, -0.05) is 6.07 Å². The molecule has 29 nitrogen and oxygen atoms in total. The van der Waals surface area contributed by atoms with Crippen molar-refractivity contribution in [2.24, 2.45) is 0 Å². The van der Waals surface area contributed by atoms with Crippen molar-refractivity contribution in [3.05, 3.63) is 66.2 Å². The first-order valence-corrected chi connectivity index (χ1v) is 23.9. The third-order valence-electron chi connectivity index (χ3n) is 13.2. The van der Waals surface area contributed by atoms with Gasteiger partial charge in [0.05, 0.1) is 38.6 Å². The lowest BCUT2D eigenvalue weighted by Gasteiger charge is -2.45. The molecule has 4 aromatic rings. The number of phenolic OH excluding ortho intramolecular Hbond substituents is 3. The van der Waals surface area contributed by atoms with E-state index in [9.17, 15) is 91.6 Å². The van der Waals surface area contributed by atoms with Gasteiger partial charge in [-0.05, 0) is 35.9 Å². The van der Waals surface area contributed by atoms with Gasteiger partial charge in [0.2, 0.25) is 24.6 Å². The van der Waals surface area contributed by atoms with Gasteiger partial charge in [-0.2, -0.15) is 0 Å². The molecule has 0 spiro atoms. The van der Waals surface area contributed by atoms with Gasteiger partial charge >= 0.3 is 17.3 Å². The molecule has 4 aliphatic heterocycles. The summed E-state index contributed by atoms with van der Waals surface area (Å²) < 4.78 is 63.3. The minimum Gasteiger partial charge on any atom is -0.507 e. The highest BCUT2D eigenvalue weighted by atomic mass is 16.8. The summed E-state index contributed by atoms with van der Waals surface area (Å²) in [4.78, 5) is 13.2. The predicted octanol–water partition coefficient (Wildman–Crippen LogP) is -4.87. The quantitative estimate of drug-likeness (QED) is 0.0204. The van der Waals surface area contributed by atoms with E-state index in [1.165, 1.54) is 43.5 Å². The molecule has 8 rings (SSSR count). The van der Waals surface area contributed by atoms with E-state index >= 15 is 0 Å². The predicted molar refractivity (Wildman–Crippen MR) is 253 cm³/mol. The Balaban J connectivity index is 1.09. The molecule has 20 unspecified atom stereocenters. The average molecular weight is 1110 g/mol. The molecule has 4 fully saturated rings. The van der Waals surface area contributed by atoms with Crippen LogP contribution < -0.4 is 18.9 Å². The van der Waals surface area contributed by atoms with E-state index in [2.05, 4.69) is 0 Å². The molecule has 78 heavy (non-hydrogen) atoms. The fourth-order valence-electron chi connectivity index (χ4n) is 8.81. The summed E-state index contributed by atoms with van der Waals surface area (Å²) in [6.07, 6.45) is -33.9. The van der Waals surface area contributed by atoms with E-state index < -0.39 is 178 Å². The van der Waals surface area contributed by atoms with Crippen molar-refractivity contribution in [2.45, 2.75) is 123 Å². The highest BCUT2D eigenvalue weighted by molar-refractivity contribution is 5.89. The second-order valence-electron chi connectivity index (χ2n) is 18.4. The molecule has 0 radical (unpaired) electrons. The van der Waals surface area contributed by atoms with Crippen LogP contribution in [0.5, 0.6) is 40.2 Å². The normalized spacial score (nSPS) is 35.3. The maximum Gasteiger partial charge on any atom is 0.402 e. The smallest absolute Gasteiger partial charge is 0.402 e. The number of carbonyl (C=O) groups excluding carboxylic acids is 1. The largest absolute Gasteiger partial charge is 0.507 e. The van der Waals surface area contributed by atoms with E-state index in [4.69, 9.17) is 51.8 Å². The number of hydrogen-bond donors (Lipinski definition) is 17. The van der Waals surface area contributed by atoms with Gasteiger partial charge in [0.1, 0.15) is 115 Å². The molecule has 20 atom stereocenters. The molecular formula is C49H59O29+. The Hall–Kier alpha value is -5.88. The van der Waals surface area contributed by atoms with Crippen LogP contribution in [-0.4, -0.2) is 249 Å². The van der Waals surface area contributed by atoms with Crippen LogP contribution >= 0.6 is 0 Å². The van der Waals surface area contributed by atoms with Crippen LogP contribution in [0.1, 0.15) is 5.56 Å². The lowest BCUT2D eigenvalue weighted by molar-refractivity contribution is -0.357. The van der Waals surface area contributed by atoms with Gasteiger partial charge in [-0.15, -0.1) is 0 Å². The van der Waals surface area contributed by atoms with Crippen LogP contribution in [0.15, 0.2) is 65.1 Å². The standard InChI is InChI=1S/C49H58O29/c1-68-26-8-17(2-6-23(26)71-46-41(65)37(61)33(57)28(13-50)74-46)3-7-32(56)69-16-31-36(60)40(64)45(78-48-43(67)39(63)35(59)30(15-52)76-48)49(77-31)73-27-12-20-24(70-44(27)18-4-5-21(54)22(55)9-18)10-19(53)11-25(20)72-47-42(66)38(62)34(58)29(14-51)75-47/h2-12,28-31,33-43,45-52,57-67H,13-16H2,1H3,(H2-,53,54,55)/p+1/b7-3+. The minimum absolute atomic E-state index is 0.0130. The number of ether oxygens (including phenoxy) is 10. The monoisotopic (exact) mass is 1110 g/mol. The van der Waals surface area contributed by atoms with Gasteiger partial charge in [-0.3, -0.25) is 0 Å². The number of benzene rings is 3. The Morgan fingerprint density at radius 3 is 1.65 bits per heavy atom. The first kappa shape index (κ1) is 58.3. The third kappa shape index (κ3) is 12.1. The van der Waals surface area contributed by atoms with Crippen molar-refractivity contribution in [3.63, 3.8) is 0 Å². The van der Waals surface area contributed by atoms with Crippen LogP contribution in [0.25, 0.3) is 28.4 Å². The van der Waals surface area contributed by atoms with E-state index in [0.717, 1.165) is 30.3 Å². The molecule has 17 N–H and O–H groups in total. The fraction of sp³-hybridized carbons (Fsp3) is 0.510. The van der Waals surface area contributed by atoms with Crippen molar-refractivity contribution in [2.75, 3.05) is 33.5 Å². The van der Waals surface area contributed by atoms with E-state index in [1.54, 1.807) is 0 Å². The number of phenols is 3. The third-order valence-corrected chi connectivity index (χ3v) is 13.2. The fourth-order valence-corrected chi connectivity index (χ4v) is 8.81. The highest BCUT2D eigenvalue weighted by Gasteiger charge is 2.53. The number of aromatic hydroxyl groups is 3. The summed E-state index contributed by atoms with van der Waals surface area (Å²) in [6, 6.07) is 10.8. The number of hydrogen-bond acceptors (Lipinski definition) is 28. The van der Waals surface area contributed by atoms with Crippen LogP contribution in [0, 0.1) is 0 Å². The van der Waals surface area contributed by atoms with E-state index in [1.807, 2.05) is 0 Å². The number of fused-ring (bicyclic) bond motifs is 1. The molecule has 1 aromatic heterocycles. The van der Waals surface area contributed by atoms with Gasteiger partial charge in [0.25, 0.3) is 0 Å². The van der Waals surface area contributed by atoms with Crippen molar-refractivity contribution in [1.29, 1.82) is 0 Å². The van der Waals surface area contributed by atoms with Crippen molar-refractivity contribution in [3.8, 4) is 51.6 Å². The van der Waals surface area contributed by atoms with Crippen molar-refractivity contribution < 1.29 is 143 Å². The van der Waals surface area contributed by atoms with E-state index in [0.29, 0.717) is 5.56 Å². The number of methoxy groups -OCH3 is 1. The first-order valence-electron chi connectivity index (χ1n) is 23.9. The molecule has 3 aromatic carbocycles. The molecule has 0 saturated carbocycles. The molecule has 0 aliphatic carbocycles. The van der Waals surface area contributed by atoms with Crippen molar-refractivity contribution in [1.82, 2.24) is 0 Å². The van der Waals surface area contributed by atoms with Gasteiger partial charge < -0.3 is 134 Å². The molecule has 0 amide bonds. The molecule has 0 bridgehead atoms. The molecule has 4 aliphatic rings. The zero-order valence-electron chi connectivity index (χ0n) is 40.7. The van der Waals surface area contributed by atoms with Crippen LogP contribution in [0.4, 0.5) is 0 Å². The summed E-state index contributed by atoms with van der Waals surface area (Å²) in [5.74, 6) is -3.89. The van der Waals surface area contributed by atoms with Gasteiger partial charge in [0.15, 0.2) is 35.4 Å². The lowest BCUT2D eigenvalue weighted by atomic mass is 9.97. The summed E-state index contributed by atoms with van der Waals surface area (Å²) in [6.45, 7) is -3.26. The summed E-state index contributed by atoms with van der Waals surface area (Å²) >= 11 is 0. The number of carbonyl (C=O) groups is 1. The molecule has 428 valence electrons. The minimum atomic E-state index is -2.15. The second-order valence-corrected chi connectivity index (χ2v) is 18.4. The van der Waals surface area contributed by atoms with Crippen LogP contribution in [0.2, 0.25) is 0 Å². The summed E-state index contributed by atoms with van der Waals surface area (Å²) in [5.41, 5.74) is 0.0503. The zero-order valence-corrected chi connectivity index (χ0v) is 40.7. The number of esters is 1.